The van der Waals surface area contributed by atoms with Gasteiger partial charge in [-0.3, -0.25) is 9.79 Å². The number of carbonyl (C=O) groups is 1. The molecule has 170 valence electrons. The van der Waals surface area contributed by atoms with Crippen LogP contribution in [-0.2, 0) is 19.6 Å². The summed E-state index contributed by atoms with van der Waals surface area (Å²) in [6, 6.07) is -0.148. The number of unbranched alkanes of at least 4 members (excludes halogenated alkanes) is 3. The maximum atomic E-state index is 12.6. The first-order valence-electron chi connectivity index (χ1n) is 9.81. The molecule has 1 rings (SSSR count). The van der Waals surface area contributed by atoms with Crippen LogP contribution < -0.4 is 10.6 Å². The molecular formula is C17H31F3N4O4S. The molecule has 0 spiro atoms. The van der Waals surface area contributed by atoms with Crippen LogP contribution in [0.4, 0.5) is 13.2 Å². The fourth-order valence-electron chi connectivity index (χ4n) is 2.96. The van der Waals surface area contributed by atoms with E-state index in [0.29, 0.717) is 29.8 Å². The number of rotatable bonds is 10. The number of guanidine groups is 1. The van der Waals surface area contributed by atoms with Crippen LogP contribution in [0.3, 0.4) is 0 Å². The number of hydrogen-bond donors (Lipinski definition) is 2. The van der Waals surface area contributed by atoms with Crippen molar-refractivity contribution in [1.29, 1.82) is 0 Å². The highest BCUT2D eigenvalue weighted by Crippen LogP contribution is 2.28. The summed E-state index contributed by atoms with van der Waals surface area (Å²) in [6.45, 7) is 2.47. The van der Waals surface area contributed by atoms with Crippen molar-refractivity contribution in [1.82, 2.24) is 14.9 Å². The Morgan fingerprint density at radius 2 is 1.79 bits per heavy atom. The van der Waals surface area contributed by atoms with Crippen molar-refractivity contribution in [2.75, 3.05) is 33.3 Å². The van der Waals surface area contributed by atoms with E-state index in [2.05, 4.69) is 15.6 Å². The average Bonchev–Trinajstić information content (AvgIpc) is 2.66. The van der Waals surface area contributed by atoms with Crippen LogP contribution in [0.5, 0.6) is 0 Å². The number of ether oxygens (including phenoxy) is 1. The molecule has 0 aromatic rings. The summed E-state index contributed by atoms with van der Waals surface area (Å²) in [5, 5.41) is 6.26. The molecule has 8 nitrogen and oxygen atoms in total. The lowest BCUT2D eigenvalue weighted by Crippen LogP contribution is -2.51. The summed E-state index contributed by atoms with van der Waals surface area (Å²) in [7, 11) is -3.67. The van der Waals surface area contributed by atoms with Gasteiger partial charge in [-0.05, 0) is 32.6 Å². The van der Waals surface area contributed by atoms with E-state index >= 15 is 0 Å². The van der Waals surface area contributed by atoms with Gasteiger partial charge in [0.1, 0.15) is 0 Å². The molecule has 12 heteroatoms. The highest BCUT2D eigenvalue weighted by Gasteiger charge is 2.50. The molecule has 0 aliphatic carbocycles. The number of piperidine rings is 1. The van der Waals surface area contributed by atoms with Gasteiger partial charge in [0.25, 0.3) is 0 Å². The van der Waals surface area contributed by atoms with Gasteiger partial charge >= 0.3 is 21.5 Å². The molecule has 29 heavy (non-hydrogen) atoms. The molecule has 1 fully saturated rings. The molecule has 1 heterocycles. The Hall–Kier alpha value is -1.56. The molecule has 1 aliphatic heterocycles. The normalized spacial score (nSPS) is 17.2. The Labute approximate surface area is 170 Å². The van der Waals surface area contributed by atoms with Crippen LogP contribution >= 0.6 is 0 Å². The number of halogens is 3. The van der Waals surface area contributed by atoms with Crippen molar-refractivity contribution in [3.8, 4) is 0 Å². The number of hydrogen-bond acceptors (Lipinski definition) is 5. The zero-order chi connectivity index (χ0) is 21.9. The quantitative estimate of drug-likeness (QED) is 0.231. The minimum atomic E-state index is -5.26. The maximum absolute atomic E-state index is 12.6. The number of carbonyl (C=O) groups excluding carboxylic acids is 1. The first-order chi connectivity index (χ1) is 13.6. The first kappa shape index (κ1) is 25.5. The zero-order valence-corrected chi connectivity index (χ0v) is 17.7. The topological polar surface area (TPSA) is 100 Å². The van der Waals surface area contributed by atoms with E-state index in [1.165, 1.54) is 0 Å². The molecular weight excluding hydrogens is 413 g/mol. The van der Waals surface area contributed by atoms with Gasteiger partial charge in [-0.1, -0.05) is 12.8 Å². The number of alkyl halides is 3. The van der Waals surface area contributed by atoms with Crippen molar-refractivity contribution >= 4 is 22.0 Å². The van der Waals surface area contributed by atoms with Gasteiger partial charge in [0.05, 0.1) is 6.61 Å². The third-order valence-electron chi connectivity index (χ3n) is 4.56. The van der Waals surface area contributed by atoms with E-state index in [1.807, 2.05) is 0 Å². The standard InChI is InChI=1S/C17H31F3N4O4S/c1-3-28-15(25)8-6-4-5-7-11-22-16(21-2)23-14-9-12-24(13-10-14)29(26,27)17(18,19)20/h14H,3-13H2,1-2H3,(H2,21,22,23). The lowest BCUT2D eigenvalue weighted by atomic mass is 10.1. The van der Waals surface area contributed by atoms with Gasteiger partial charge in [0.2, 0.25) is 0 Å². The Kier molecular flexibility index (Phi) is 10.7. The van der Waals surface area contributed by atoms with E-state index in [0.717, 1.165) is 25.7 Å². The van der Waals surface area contributed by atoms with Crippen LogP contribution in [0, 0.1) is 0 Å². The molecule has 0 unspecified atom stereocenters. The lowest BCUT2D eigenvalue weighted by molar-refractivity contribution is -0.143. The molecule has 0 aromatic heterocycles. The SMILES string of the molecule is CCOC(=O)CCCCCCNC(=NC)NC1CCN(S(=O)(=O)C(F)(F)F)CC1. The summed E-state index contributed by atoms with van der Waals surface area (Å²) >= 11 is 0. The van der Waals surface area contributed by atoms with E-state index in [9.17, 15) is 26.4 Å². The van der Waals surface area contributed by atoms with Crippen LogP contribution in [0.2, 0.25) is 0 Å². The highest BCUT2D eigenvalue weighted by molar-refractivity contribution is 7.90. The number of esters is 1. The second-order valence-corrected chi connectivity index (χ2v) is 8.67. The van der Waals surface area contributed by atoms with E-state index in [1.54, 1.807) is 14.0 Å². The van der Waals surface area contributed by atoms with Crippen LogP contribution in [0.15, 0.2) is 4.99 Å². The summed E-state index contributed by atoms with van der Waals surface area (Å²) in [5.41, 5.74) is -5.26. The van der Waals surface area contributed by atoms with Crippen molar-refractivity contribution in [2.45, 2.75) is 63.4 Å². The Morgan fingerprint density at radius 1 is 1.17 bits per heavy atom. The molecule has 2 N–H and O–H groups in total. The maximum Gasteiger partial charge on any atom is 0.511 e. The lowest BCUT2D eigenvalue weighted by Gasteiger charge is -2.32. The van der Waals surface area contributed by atoms with Gasteiger partial charge in [0, 0.05) is 39.1 Å². The van der Waals surface area contributed by atoms with Gasteiger partial charge in [-0.25, -0.2) is 8.42 Å². The molecule has 1 aliphatic rings. The minimum absolute atomic E-state index is 0.148. The summed E-state index contributed by atoms with van der Waals surface area (Å²) in [6.07, 6.45) is 4.48. The average molecular weight is 445 g/mol. The molecule has 0 radical (unpaired) electrons. The molecule has 0 bridgehead atoms. The van der Waals surface area contributed by atoms with E-state index in [-0.39, 0.29) is 37.9 Å². The summed E-state index contributed by atoms with van der Waals surface area (Å²) in [4.78, 5) is 15.3. The summed E-state index contributed by atoms with van der Waals surface area (Å²) in [5.74, 6) is 0.359. The number of sulfonamides is 1. The molecule has 0 amide bonds. The van der Waals surface area contributed by atoms with Gasteiger partial charge < -0.3 is 15.4 Å². The molecule has 1 saturated heterocycles. The number of nitrogens with zero attached hydrogens (tertiary/aromatic N) is 2. The highest BCUT2D eigenvalue weighted by atomic mass is 32.2. The third kappa shape index (κ3) is 8.77. The Bertz CT molecular complexity index is 633. The van der Waals surface area contributed by atoms with Crippen molar-refractivity contribution in [2.24, 2.45) is 4.99 Å². The molecule has 0 atom stereocenters. The Morgan fingerprint density at radius 3 is 2.34 bits per heavy atom. The van der Waals surface area contributed by atoms with Crippen molar-refractivity contribution in [3.05, 3.63) is 0 Å². The predicted molar refractivity (Wildman–Crippen MR) is 104 cm³/mol. The second kappa shape index (κ2) is 12.2. The van der Waals surface area contributed by atoms with Gasteiger partial charge in [-0.2, -0.15) is 17.5 Å². The van der Waals surface area contributed by atoms with Crippen molar-refractivity contribution in [3.63, 3.8) is 0 Å². The fraction of sp³-hybridized carbons (Fsp3) is 0.882. The van der Waals surface area contributed by atoms with E-state index < -0.39 is 15.5 Å². The predicted octanol–water partition coefficient (Wildman–Crippen LogP) is 1.98. The largest absolute Gasteiger partial charge is 0.511 e. The van der Waals surface area contributed by atoms with Crippen molar-refractivity contribution < 1.29 is 31.1 Å². The zero-order valence-electron chi connectivity index (χ0n) is 16.9. The monoisotopic (exact) mass is 444 g/mol. The van der Waals surface area contributed by atoms with Crippen LogP contribution in [0.25, 0.3) is 0 Å². The fourth-order valence-corrected chi connectivity index (χ4v) is 3.95. The van der Waals surface area contributed by atoms with Gasteiger partial charge in [-0.15, -0.1) is 0 Å². The first-order valence-corrected chi connectivity index (χ1v) is 11.2. The van der Waals surface area contributed by atoms with E-state index in [4.69, 9.17) is 4.74 Å². The van der Waals surface area contributed by atoms with Crippen LogP contribution in [0.1, 0.15) is 51.9 Å². The second-order valence-electron chi connectivity index (χ2n) is 6.74. The molecule has 0 saturated carbocycles. The van der Waals surface area contributed by atoms with Gasteiger partial charge in [0.15, 0.2) is 5.96 Å². The smallest absolute Gasteiger partial charge is 0.466 e. The molecule has 0 aromatic carbocycles. The number of nitrogens with one attached hydrogen (secondary N) is 2. The third-order valence-corrected chi connectivity index (χ3v) is 6.19. The Balaban J connectivity index is 2.23. The number of aliphatic imine (C=N–C) groups is 1. The van der Waals surface area contributed by atoms with Crippen LogP contribution in [-0.4, -0.2) is 69.5 Å². The summed E-state index contributed by atoms with van der Waals surface area (Å²) < 4.78 is 66.0. The minimum Gasteiger partial charge on any atom is -0.466 e.